The summed E-state index contributed by atoms with van der Waals surface area (Å²) in [6.07, 6.45) is -3.64. The number of nitrogens with zero attached hydrogens (tertiary/aromatic N) is 2. The number of carbonyl (C=O) groups is 4. The first-order valence-corrected chi connectivity index (χ1v) is 11.5. The number of carboxylic acid groups (broad SMARTS) is 1. The van der Waals surface area contributed by atoms with Gasteiger partial charge in [-0.2, -0.15) is 13.2 Å². The van der Waals surface area contributed by atoms with Crippen LogP contribution < -0.4 is 26.9 Å². The number of benzene rings is 1. The molecule has 1 aromatic carbocycles. The fraction of sp³-hybridized carbons (Fsp3) is 0.429. The quantitative estimate of drug-likeness (QED) is 0.131. The molecule has 1 aromatic heterocycles. The van der Waals surface area contributed by atoms with Crippen molar-refractivity contribution in [1.29, 1.82) is 0 Å². The van der Waals surface area contributed by atoms with Gasteiger partial charge in [-0.05, 0) is 31.4 Å². The number of likely N-dealkylation sites (tertiary alicyclic amines) is 1. The van der Waals surface area contributed by atoms with Crippen LogP contribution in [0.2, 0.25) is 0 Å². The first-order chi connectivity index (χ1) is 16.8. The zero-order chi connectivity index (χ0) is 27.0. The van der Waals surface area contributed by atoms with Crippen molar-refractivity contribution in [2.75, 3.05) is 13.1 Å². The Morgan fingerprint density at radius 1 is 1.28 bits per heavy atom. The number of ketones is 1. The standard InChI is InChI=1S/C19H24N6O3S.C2HF3O2/c1-11(26)25-10-8-14(25)17(28)23-13(6-4-9-22-19(20)21)16(27)18-24-12-5-2-3-7-15(12)29-18;3-2(4,5)1(6)7/h2-3,5,7,13-14H,4,6,8-10H2,1H3,(H,23,28)(H4,20,21,22);(H,6,7)/t13-,14-;/m0./s1. The Hall–Kier alpha value is -3.75. The number of hydrogen-bond acceptors (Lipinski definition) is 7. The van der Waals surface area contributed by atoms with Crippen molar-refractivity contribution in [3.05, 3.63) is 29.3 Å². The maximum atomic E-state index is 13.1. The largest absolute Gasteiger partial charge is 0.542 e. The van der Waals surface area contributed by atoms with Crippen LogP contribution in [0.5, 0.6) is 0 Å². The highest BCUT2D eigenvalue weighted by atomic mass is 32.1. The zero-order valence-electron chi connectivity index (χ0n) is 19.1. The fourth-order valence-electron chi connectivity index (χ4n) is 3.24. The smallest absolute Gasteiger partial charge is 0.430 e. The molecule has 1 aliphatic heterocycles. The minimum absolute atomic E-state index is 0.106. The molecule has 0 aliphatic carbocycles. The molecule has 15 heteroatoms. The molecule has 0 spiro atoms. The number of thiazole rings is 1. The van der Waals surface area contributed by atoms with E-state index in [1.54, 1.807) is 0 Å². The number of aliphatic carboxylic acids is 1. The van der Waals surface area contributed by atoms with Crippen LogP contribution in [-0.2, 0) is 14.4 Å². The predicted molar refractivity (Wildman–Crippen MR) is 121 cm³/mol. The molecule has 2 amide bonds. The Morgan fingerprint density at radius 3 is 2.42 bits per heavy atom. The Balaban J connectivity index is 0.000000572. The van der Waals surface area contributed by atoms with Gasteiger partial charge in [0.15, 0.2) is 5.01 Å². The SMILES string of the molecule is CC(=O)N1CC[C@H]1C(=O)N[C@@H](CCC[NH+]=C(N)N)C(=O)c1nc2ccccc2s1.O=C([O-])C(F)(F)F. The number of fused-ring (bicyclic) bond motifs is 1. The lowest BCUT2D eigenvalue weighted by Crippen LogP contribution is -2.78. The maximum Gasteiger partial charge on any atom is 0.430 e. The molecular formula is C21H25F3N6O5S. The van der Waals surface area contributed by atoms with Gasteiger partial charge < -0.3 is 20.1 Å². The number of halogens is 3. The molecule has 196 valence electrons. The van der Waals surface area contributed by atoms with E-state index in [4.69, 9.17) is 21.4 Å². The van der Waals surface area contributed by atoms with Gasteiger partial charge in [0.25, 0.3) is 0 Å². The summed E-state index contributed by atoms with van der Waals surface area (Å²) in [7, 11) is 0. The number of guanidine groups is 1. The second-order valence-electron chi connectivity index (χ2n) is 7.74. The van der Waals surface area contributed by atoms with Crippen LogP contribution in [0.4, 0.5) is 13.2 Å². The van der Waals surface area contributed by atoms with Gasteiger partial charge in [-0.15, -0.1) is 11.3 Å². The lowest BCUT2D eigenvalue weighted by Gasteiger charge is -2.39. The molecule has 0 bridgehead atoms. The topological polar surface area (TPSA) is 186 Å². The van der Waals surface area contributed by atoms with Crippen LogP contribution in [-0.4, -0.2) is 70.8 Å². The molecule has 6 N–H and O–H groups in total. The molecule has 0 radical (unpaired) electrons. The third kappa shape index (κ3) is 7.90. The van der Waals surface area contributed by atoms with Crippen molar-refractivity contribution in [2.45, 2.75) is 44.4 Å². The number of hydrogen-bond donors (Lipinski definition) is 4. The number of alkyl halides is 3. The van der Waals surface area contributed by atoms with Crippen LogP contribution in [0, 0.1) is 0 Å². The van der Waals surface area contributed by atoms with Gasteiger partial charge in [-0.3, -0.25) is 30.8 Å². The molecule has 2 atom stereocenters. The minimum Gasteiger partial charge on any atom is -0.542 e. The van der Waals surface area contributed by atoms with E-state index in [2.05, 4.69) is 15.3 Å². The summed E-state index contributed by atoms with van der Waals surface area (Å²) in [6, 6.07) is 6.24. The number of carboxylic acids is 1. The number of Topliss-reactive ketones (excluding diaryl/α,β-unsaturated/α-hetero) is 1. The highest BCUT2D eigenvalue weighted by Gasteiger charge is 2.37. The minimum atomic E-state index is -5.19. The lowest BCUT2D eigenvalue weighted by molar-refractivity contribution is -0.459. The summed E-state index contributed by atoms with van der Waals surface area (Å²) in [4.78, 5) is 54.9. The van der Waals surface area contributed by atoms with Gasteiger partial charge >= 0.3 is 12.1 Å². The van der Waals surface area contributed by atoms with Crippen LogP contribution in [0.3, 0.4) is 0 Å². The van der Waals surface area contributed by atoms with Crippen molar-refractivity contribution >= 4 is 51.1 Å². The van der Waals surface area contributed by atoms with E-state index in [-0.39, 0.29) is 23.6 Å². The van der Waals surface area contributed by atoms with Crippen molar-refractivity contribution in [1.82, 2.24) is 15.2 Å². The Labute approximate surface area is 207 Å². The number of aromatic nitrogens is 1. The van der Waals surface area contributed by atoms with Gasteiger partial charge in [-0.1, -0.05) is 12.1 Å². The molecule has 1 saturated heterocycles. The average molecular weight is 531 g/mol. The summed E-state index contributed by atoms with van der Waals surface area (Å²) >= 11 is 1.30. The second-order valence-corrected chi connectivity index (χ2v) is 8.77. The summed E-state index contributed by atoms with van der Waals surface area (Å²) in [5, 5.41) is 12.0. The number of para-hydroxylation sites is 1. The summed E-state index contributed by atoms with van der Waals surface area (Å²) < 4.78 is 32.5. The van der Waals surface area contributed by atoms with E-state index in [9.17, 15) is 27.6 Å². The van der Waals surface area contributed by atoms with Crippen molar-refractivity contribution < 1.29 is 42.4 Å². The van der Waals surface area contributed by atoms with E-state index in [1.165, 1.54) is 23.2 Å². The Bertz CT molecular complexity index is 1120. The first-order valence-electron chi connectivity index (χ1n) is 10.7. The number of amides is 2. The van der Waals surface area contributed by atoms with Crippen LogP contribution in [0.25, 0.3) is 10.2 Å². The number of rotatable bonds is 8. The molecular weight excluding hydrogens is 505 g/mol. The second kappa shape index (κ2) is 12.3. The molecule has 1 fully saturated rings. The highest BCUT2D eigenvalue weighted by Crippen LogP contribution is 2.24. The van der Waals surface area contributed by atoms with E-state index in [0.29, 0.717) is 37.4 Å². The van der Waals surface area contributed by atoms with Gasteiger partial charge in [0.2, 0.25) is 17.6 Å². The van der Waals surface area contributed by atoms with E-state index >= 15 is 0 Å². The Kier molecular flexibility index (Phi) is 9.72. The van der Waals surface area contributed by atoms with E-state index < -0.39 is 24.2 Å². The number of nitrogens with one attached hydrogen (secondary N) is 2. The first kappa shape index (κ1) is 28.5. The molecule has 11 nitrogen and oxygen atoms in total. The van der Waals surface area contributed by atoms with Crippen LogP contribution in [0.1, 0.15) is 36.0 Å². The number of carbonyl (C=O) groups excluding carboxylic acids is 4. The van der Waals surface area contributed by atoms with E-state index in [1.807, 2.05) is 24.3 Å². The molecule has 0 unspecified atom stereocenters. The third-order valence-corrected chi connectivity index (χ3v) is 6.15. The summed E-state index contributed by atoms with van der Waals surface area (Å²) in [6.45, 7) is 2.47. The summed E-state index contributed by atoms with van der Waals surface area (Å²) in [5.74, 6) is -3.60. The van der Waals surface area contributed by atoms with Crippen LogP contribution >= 0.6 is 11.3 Å². The van der Waals surface area contributed by atoms with Gasteiger partial charge in [0, 0.05) is 13.5 Å². The average Bonchev–Trinajstić information content (AvgIpc) is 3.18. The van der Waals surface area contributed by atoms with Crippen molar-refractivity contribution in [3.8, 4) is 0 Å². The predicted octanol–water partition coefficient (Wildman–Crippen LogP) is -1.98. The molecule has 3 rings (SSSR count). The van der Waals surface area contributed by atoms with Gasteiger partial charge in [-0.25, -0.2) is 4.98 Å². The third-order valence-electron chi connectivity index (χ3n) is 5.09. The maximum absolute atomic E-state index is 13.1. The lowest BCUT2D eigenvalue weighted by atomic mass is 10.00. The zero-order valence-corrected chi connectivity index (χ0v) is 19.9. The molecule has 1 aliphatic rings. The molecule has 36 heavy (non-hydrogen) atoms. The molecule has 2 heterocycles. The fourth-order valence-corrected chi connectivity index (χ4v) is 4.20. The van der Waals surface area contributed by atoms with Gasteiger partial charge in [0.05, 0.1) is 22.8 Å². The van der Waals surface area contributed by atoms with Gasteiger partial charge in [0.1, 0.15) is 12.0 Å². The number of nitrogens with two attached hydrogens (primary N) is 2. The van der Waals surface area contributed by atoms with Crippen molar-refractivity contribution in [2.24, 2.45) is 11.5 Å². The highest BCUT2D eigenvalue weighted by molar-refractivity contribution is 7.20. The molecule has 2 aromatic rings. The molecule has 0 saturated carbocycles. The normalized spacial score (nSPS) is 15.7. The van der Waals surface area contributed by atoms with Crippen LogP contribution in [0.15, 0.2) is 24.3 Å². The van der Waals surface area contributed by atoms with E-state index in [0.717, 1.165) is 10.2 Å². The Morgan fingerprint density at radius 2 is 1.92 bits per heavy atom. The van der Waals surface area contributed by atoms with Crippen molar-refractivity contribution in [3.63, 3.8) is 0 Å². The monoisotopic (exact) mass is 530 g/mol. The summed E-state index contributed by atoms with van der Waals surface area (Å²) in [5.41, 5.74) is 11.5.